The predicted molar refractivity (Wildman–Crippen MR) is 67.0 cm³/mol. The van der Waals surface area contributed by atoms with Crippen molar-refractivity contribution in [1.82, 2.24) is 0 Å². The first-order valence-electron chi connectivity index (χ1n) is 4.02. The zero-order valence-corrected chi connectivity index (χ0v) is 10.2. The smallest absolute Gasteiger partial charge is 0.0811 e. The molecular formula is C9H14IN3. The number of hydrogen-bond donors (Lipinski definition) is 3. The van der Waals surface area contributed by atoms with E-state index in [1.165, 1.54) is 0 Å². The van der Waals surface area contributed by atoms with Gasteiger partial charge in [-0.05, 0) is 47.6 Å². The molecule has 0 saturated heterocycles. The Balaban J connectivity index is 3.56. The summed E-state index contributed by atoms with van der Waals surface area (Å²) in [7, 11) is 1.83. The van der Waals surface area contributed by atoms with Gasteiger partial charge in [0.1, 0.15) is 0 Å². The summed E-state index contributed by atoms with van der Waals surface area (Å²) in [6, 6.07) is 0. The lowest BCUT2D eigenvalue weighted by atomic mass is 10.1. The molecule has 0 aromatic heterocycles. The van der Waals surface area contributed by atoms with Crippen molar-refractivity contribution in [3.05, 3.63) is 14.7 Å². The highest BCUT2D eigenvalue weighted by Crippen LogP contribution is 2.35. The van der Waals surface area contributed by atoms with Crippen LogP contribution in [0.4, 0.5) is 17.1 Å². The Labute approximate surface area is 92.0 Å². The van der Waals surface area contributed by atoms with Gasteiger partial charge in [-0.2, -0.15) is 0 Å². The standard InChI is InChI=1S/C9H14IN3/c1-4-6(10)5(2)8(12)9(13-3)7(4)11/h13H,11-12H2,1-3H3. The second-order valence-corrected chi connectivity index (χ2v) is 4.10. The summed E-state index contributed by atoms with van der Waals surface area (Å²) in [5.41, 5.74) is 16.4. The average Bonchev–Trinajstić information content (AvgIpc) is 2.13. The summed E-state index contributed by atoms with van der Waals surface area (Å²) in [5, 5.41) is 3.02. The molecular weight excluding hydrogens is 277 g/mol. The van der Waals surface area contributed by atoms with Gasteiger partial charge in [0.05, 0.1) is 17.1 Å². The van der Waals surface area contributed by atoms with Gasteiger partial charge in [0.15, 0.2) is 0 Å². The van der Waals surface area contributed by atoms with Gasteiger partial charge in [0.25, 0.3) is 0 Å². The van der Waals surface area contributed by atoms with E-state index in [4.69, 9.17) is 11.5 Å². The number of nitrogen functional groups attached to an aromatic ring is 2. The quantitative estimate of drug-likeness (QED) is 0.548. The Morgan fingerprint density at radius 1 is 1.08 bits per heavy atom. The summed E-state index contributed by atoms with van der Waals surface area (Å²) in [4.78, 5) is 0. The first-order valence-corrected chi connectivity index (χ1v) is 5.10. The molecule has 0 aliphatic rings. The van der Waals surface area contributed by atoms with Crippen molar-refractivity contribution in [3.63, 3.8) is 0 Å². The third-order valence-electron chi connectivity index (χ3n) is 2.26. The molecule has 1 aromatic carbocycles. The van der Waals surface area contributed by atoms with E-state index >= 15 is 0 Å². The van der Waals surface area contributed by atoms with Crippen LogP contribution in [-0.4, -0.2) is 7.05 Å². The van der Waals surface area contributed by atoms with Gasteiger partial charge in [-0.25, -0.2) is 0 Å². The van der Waals surface area contributed by atoms with Gasteiger partial charge in [0, 0.05) is 10.6 Å². The van der Waals surface area contributed by atoms with Crippen LogP contribution in [0.3, 0.4) is 0 Å². The van der Waals surface area contributed by atoms with E-state index < -0.39 is 0 Å². The molecule has 3 nitrogen and oxygen atoms in total. The lowest BCUT2D eigenvalue weighted by Gasteiger charge is -2.16. The van der Waals surface area contributed by atoms with Crippen molar-refractivity contribution in [2.45, 2.75) is 13.8 Å². The molecule has 0 aliphatic heterocycles. The fraction of sp³-hybridized carbons (Fsp3) is 0.333. The molecule has 0 spiro atoms. The van der Waals surface area contributed by atoms with Crippen molar-refractivity contribution < 1.29 is 0 Å². The summed E-state index contributed by atoms with van der Waals surface area (Å²) >= 11 is 2.27. The molecule has 0 amide bonds. The minimum absolute atomic E-state index is 0.745. The van der Waals surface area contributed by atoms with Crippen LogP contribution in [0.25, 0.3) is 0 Å². The third-order valence-corrected chi connectivity index (χ3v) is 3.87. The molecule has 0 bridgehead atoms. The highest BCUT2D eigenvalue weighted by molar-refractivity contribution is 14.1. The Hall–Kier alpha value is -0.650. The van der Waals surface area contributed by atoms with Crippen molar-refractivity contribution in [2.75, 3.05) is 23.8 Å². The van der Waals surface area contributed by atoms with E-state index in [9.17, 15) is 0 Å². The van der Waals surface area contributed by atoms with Gasteiger partial charge in [0.2, 0.25) is 0 Å². The molecule has 0 atom stereocenters. The van der Waals surface area contributed by atoms with Crippen LogP contribution in [0, 0.1) is 17.4 Å². The van der Waals surface area contributed by atoms with Crippen LogP contribution in [0.1, 0.15) is 11.1 Å². The highest BCUT2D eigenvalue weighted by atomic mass is 127. The summed E-state index contributed by atoms with van der Waals surface area (Å²) in [5.74, 6) is 0. The Morgan fingerprint density at radius 2 is 1.46 bits per heavy atom. The minimum atomic E-state index is 0.745. The molecule has 0 saturated carbocycles. The second kappa shape index (κ2) is 3.61. The van der Waals surface area contributed by atoms with Gasteiger partial charge < -0.3 is 16.8 Å². The Kier molecular flexibility index (Phi) is 2.90. The maximum Gasteiger partial charge on any atom is 0.0811 e. The van der Waals surface area contributed by atoms with E-state index in [0.29, 0.717) is 0 Å². The number of rotatable bonds is 1. The van der Waals surface area contributed by atoms with Crippen LogP contribution in [-0.2, 0) is 0 Å². The molecule has 1 rings (SSSR count). The summed E-state index contributed by atoms with van der Waals surface area (Å²) in [6.07, 6.45) is 0. The van der Waals surface area contributed by atoms with E-state index in [0.717, 1.165) is 31.8 Å². The number of anilines is 3. The maximum atomic E-state index is 5.92. The van der Waals surface area contributed by atoms with Gasteiger partial charge in [-0.1, -0.05) is 0 Å². The molecule has 13 heavy (non-hydrogen) atoms. The molecule has 0 fully saturated rings. The molecule has 0 heterocycles. The van der Waals surface area contributed by atoms with Gasteiger partial charge in [-0.3, -0.25) is 0 Å². The van der Waals surface area contributed by atoms with E-state index in [1.807, 2.05) is 20.9 Å². The first kappa shape index (κ1) is 10.4. The van der Waals surface area contributed by atoms with E-state index in [1.54, 1.807) is 0 Å². The fourth-order valence-corrected chi connectivity index (χ4v) is 1.89. The number of nitrogens with two attached hydrogens (primary N) is 2. The molecule has 0 unspecified atom stereocenters. The normalized spacial score (nSPS) is 10.2. The van der Waals surface area contributed by atoms with Crippen LogP contribution >= 0.6 is 22.6 Å². The van der Waals surface area contributed by atoms with Crippen molar-refractivity contribution >= 4 is 39.7 Å². The molecule has 0 radical (unpaired) electrons. The highest BCUT2D eigenvalue weighted by Gasteiger charge is 2.12. The zero-order chi connectivity index (χ0) is 10.2. The molecule has 1 aromatic rings. The lowest BCUT2D eigenvalue weighted by Crippen LogP contribution is -2.06. The largest absolute Gasteiger partial charge is 0.397 e. The third kappa shape index (κ3) is 1.54. The topological polar surface area (TPSA) is 64.1 Å². The number of hydrogen-bond acceptors (Lipinski definition) is 3. The van der Waals surface area contributed by atoms with Gasteiger partial charge >= 0.3 is 0 Å². The first-order chi connectivity index (χ1) is 6.00. The molecule has 4 heteroatoms. The van der Waals surface area contributed by atoms with Crippen molar-refractivity contribution in [2.24, 2.45) is 0 Å². The van der Waals surface area contributed by atoms with Crippen LogP contribution in [0.2, 0.25) is 0 Å². The average molecular weight is 291 g/mol. The summed E-state index contributed by atoms with van der Waals surface area (Å²) < 4.78 is 1.14. The predicted octanol–water partition coefficient (Wildman–Crippen LogP) is 2.11. The fourth-order valence-electron chi connectivity index (χ4n) is 1.31. The van der Waals surface area contributed by atoms with Gasteiger partial charge in [-0.15, -0.1) is 0 Å². The van der Waals surface area contributed by atoms with Crippen LogP contribution < -0.4 is 16.8 Å². The van der Waals surface area contributed by atoms with E-state index in [2.05, 4.69) is 27.9 Å². The molecule has 5 N–H and O–H groups in total. The van der Waals surface area contributed by atoms with Crippen LogP contribution in [0.5, 0.6) is 0 Å². The minimum Gasteiger partial charge on any atom is -0.397 e. The SMILES string of the molecule is CNc1c(N)c(C)c(I)c(C)c1N. The molecule has 0 aliphatic carbocycles. The lowest BCUT2D eigenvalue weighted by molar-refractivity contribution is 1.33. The number of halogens is 1. The zero-order valence-electron chi connectivity index (χ0n) is 8.03. The van der Waals surface area contributed by atoms with Crippen molar-refractivity contribution in [1.29, 1.82) is 0 Å². The monoisotopic (exact) mass is 291 g/mol. The van der Waals surface area contributed by atoms with E-state index in [-0.39, 0.29) is 0 Å². The number of benzene rings is 1. The maximum absolute atomic E-state index is 5.92. The summed E-state index contributed by atoms with van der Waals surface area (Å²) in [6.45, 7) is 4.01. The molecule has 72 valence electrons. The van der Waals surface area contributed by atoms with Crippen LogP contribution in [0.15, 0.2) is 0 Å². The Morgan fingerprint density at radius 3 is 1.77 bits per heavy atom. The Bertz CT molecular complexity index is 318. The number of nitrogens with one attached hydrogen (secondary N) is 1. The second-order valence-electron chi connectivity index (χ2n) is 3.02. The van der Waals surface area contributed by atoms with Crippen molar-refractivity contribution in [3.8, 4) is 0 Å².